The van der Waals surface area contributed by atoms with Gasteiger partial charge in [0, 0.05) is 25.1 Å². The minimum Gasteiger partial charge on any atom is -0.333 e. The average molecular weight is 339 g/mol. The Balaban J connectivity index is 1.53. The van der Waals surface area contributed by atoms with Gasteiger partial charge in [-0.2, -0.15) is 5.10 Å². The second-order valence-electron chi connectivity index (χ2n) is 6.56. The summed E-state index contributed by atoms with van der Waals surface area (Å²) in [5.74, 6) is 1.54. The van der Waals surface area contributed by atoms with Crippen LogP contribution in [0.4, 0.5) is 0 Å². The van der Waals surface area contributed by atoms with E-state index in [1.165, 1.54) is 0 Å². The van der Waals surface area contributed by atoms with Crippen LogP contribution in [0.25, 0.3) is 11.4 Å². The second-order valence-corrected chi connectivity index (χ2v) is 6.56. The van der Waals surface area contributed by atoms with Crippen molar-refractivity contribution in [2.75, 3.05) is 19.6 Å². The predicted octanol–water partition coefficient (Wildman–Crippen LogP) is 1.47. The zero-order chi connectivity index (χ0) is 17.4. The Bertz CT molecular complexity index is 801. The van der Waals surface area contributed by atoms with Gasteiger partial charge in [-0.15, -0.1) is 0 Å². The number of fused-ring (bicyclic) bond motifs is 1. The normalized spacial score (nSPS) is 20.0. The molecule has 0 saturated carbocycles. The quantitative estimate of drug-likeness (QED) is 0.849. The van der Waals surface area contributed by atoms with Crippen molar-refractivity contribution >= 4 is 11.8 Å². The Labute approximate surface area is 146 Å². The van der Waals surface area contributed by atoms with Crippen molar-refractivity contribution in [2.45, 2.75) is 32.4 Å². The van der Waals surface area contributed by atoms with E-state index in [0.29, 0.717) is 31.9 Å². The molecule has 0 bridgehead atoms. The molecular weight excluding hydrogens is 318 g/mol. The van der Waals surface area contributed by atoms with Crippen LogP contribution in [-0.2, 0) is 16.1 Å². The molecule has 1 aromatic carbocycles. The lowest BCUT2D eigenvalue weighted by molar-refractivity contribution is -0.140. The van der Waals surface area contributed by atoms with E-state index in [1.54, 1.807) is 4.90 Å². The maximum absolute atomic E-state index is 12.7. The number of rotatable bonds is 3. The van der Waals surface area contributed by atoms with E-state index in [0.717, 1.165) is 17.8 Å². The molecule has 7 nitrogen and oxygen atoms in total. The van der Waals surface area contributed by atoms with Crippen molar-refractivity contribution in [3.63, 3.8) is 0 Å². The van der Waals surface area contributed by atoms with Crippen LogP contribution in [0.15, 0.2) is 30.3 Å². The lowest BCUT2D eigenvalue weighted by Gasteiger charge is -2.34. The first-order valence-electron chi connectivity index (χ1n) is 8.71. The van der Waals surface area contributed by atoms with E-state index in [1.807, 2.05) is 46.8 Å². The maximum atomic E-state index is 12.7. The van der Waals surface area contributed by atoms with Gasteiger partial charge in [-0.1, -0.05) is 30.3 Å². The molecule has 7 heteroatoms. The molecule has 1 saturated heterocycles. The van der Waals surface area contributed by atoms with Crippen molar-refractivity contribution in [3.05, 3.63) is 36.2 Å². The first-order chi connectivity index (χ1) is 12.1. The highest BCUT2D eigenvalue weighted by atomic mass is 16.2. The van der Waals surface area contributed by atoms with E-state index in [4.69, 9.17) is 0 Å². The standard InChI is InChI=1S/C18H21N5O2/c1-13-18-19-17(14-6-3-2-4-7-14)20-23(18)11-10-22(13)16(25)12-21-9-5-8-15(21)24/h2-4,6-7,13H,5,8-12H2,1H3/t13-/m0/s1. The number of likely N-dealkylation sites (tertiary alicyclic amines) is 1. The number of amides is 2. The van der Waals surface area contributed by atoms with E-state index >= 15 is 0 Å². The highest BCUT2D eigenvalue weighted by Gasteiger charge is 2.32. The van der Waals surface area contributed by atoms with Crippen LogP contribution < -0.4 is 0 Å². The number of carbonyl (C=O) groups excluding carboxylic acids is 2. The van der Waals surface area contributed by atoms with Crippen LogP contribution in [0, 0.1) is 0 Å². The molecular formula is C18H21N5O2. The van der Waals surface area contributed by atoms with Crippen LogP contribution in [0.3, 0.4) is 0 Å². The Morgan fingerprint density at radius 2 is 2.00 bits per heavy atom. The highest BCUT2D eigenvalue weighted by molar-refractivity contribution is 5.86. The number of hydrogen-bond donors (Lipinski definition) is 0. The molecule has 130 valence electrons. The highest BCUT2D eigenvalue weighted by Crippen LogP contribution is 2.26. The van der Waals surface area contributed by atoms with E-state index in [9.17, 15) is 9.59 Å². The van der Waals surface area contributed by atoms with Gasteiger partial charge in [0.1, 0.15) is 5.82 Å². The van der Waals surface area contributed by atoms with Crippen LogP contribution in [0.5, 0.6) is 0 Å². The van der Waals surface area contributed by atoms with Crippen LogP contribution >= 0.6 is 0 Å². The monoisotopic (exact) mass is 339 g/mol. The predicted molar refractivity (Wildman–Crippen MR) is 91.4 cm³/mol. The number of nitrogens with zero attached hydrogens (tertiary/aromatic N) is 5. The second kappa shape index (κ2) is 6.31. The van der Waals surface area contributed by atoms with Crippen molar-refractivity contribution in [3.8, 4) is 11.4 Å². The smallest absolute Gasteiger partial charge is 0.242 e. The van der Waals surface area contributed by atoms with E-state index in [-0.39, 0.29) is 24.4 Å². The topological polar surface area (TPSA) is 71.3 Å². The van der Waals surface area contributed by atoms with Gasteiger partial charge >= 0.3 is 0 Å². The first kappa shape index (κ1) is 15.8. The number of aromatic nitrogens is 3. The number of carbonyl (C=O) groups is 2. The Kier molecular flexibility index (Phi) is 3.99. The van der Waals surface area contributed by atoms with Gasteiger partial charge < -0.3 is 9.80 Å². The molecule has 1 aromatic heterocycles. The van der Waals surface area contributed by atoms with Gasteiger partial charge in [0.2, 0.25) is 11.8 Å². The van der Waals surface area contributed by atoms with Gasteiger partial charge in [-0.05, 0) is 13.3 Å². The molecule has 2 aromatic rings. The molecule has 2 amide bonds. The van der Waals surface area contributed by atoms with Gasteiger partial charge in [0.25, 0.3) is 0 Å². The third-order valence-corrected chi connectivity index (χ3v) is 4.94. The summed E-state index contributed by atoms with van der Waals surface area (Å²) in [7, 11) is 0. The number of benzene rings is 1. The third-order valence-electron chi connectivity index (χ3n) is 4.94. The Hall–Kier alpha value is -2.70. The van der Waals surface area contributed by atoms with Crippen molar-refractivity contribution in [1.82, 2.24) is 24.6 Å². The maximum Gasteiger partial charge on any atom is 0.242 e. The first-order valence-corrected chi connectivity index (χ1v) is 8.71. The van der Waals surface area contributed by atoms with Gasteiger partial charge in [-0.25, -0.2) is 9.67 Å². The number of hydrogen-bond acceptors (Lipinski definition) is 4. The van der Waals surface area contributed by atoms with Gasteiger partial charge in [0.05, 0.1) is 19.1 Å². The summed E-state index contributed by atoms with van der Waals surface area (Å²) in [6, 6.07) is 9.69. The fraction of sp³-hybridized carbons (Fsp3) is 0.444. The summed E-state index contributed by atoms with van der Waals surface area (Å²) in [5, 5.41) is 4.58. The van der Waals surface area contributed by atoms with Crippen molar-refractivity contribution in [1.29, 1.82) is 0 Å². The average Bonchev–Trinajstić information content (AvgIpc) is 3.23. The van der Waals surface area contributed by atoms with Crippen LogP contribution in [0.1, 0.15) is 31.6 Å². The minimum absolute atomic E-state index is 0.0155. The van der Waals surface area contributed by atoms with Gasteiger partial charge in [-0.3, -0.25) is 9.59 Å². The fourth-order valence-electron chi connectivity index (χ4n) is 3.54. The summed E-state index contributed by atoms with van der Waals surface area (Å²) in [5.41, 5.74) is 0.970. The summed E-state index contributed by atoms with van der Waals surface area (Å²) in [6.07, 6.45) is 1.40. The van der Waals surface area contributed by atoms with Crippen molar-refractivity contribution in [2.24, 2.45) is 0 Å². The molecule has 0 spiro atoms. The molecule has 4 rings (SSSR count). The summed E-state index contributed by atoms with van der Waals surface area (Å²) in [6.45, 7) is 4.04. The zero-order valence-electron chi connectivity index (χ0n) is 14.3. The molecule has 2 aliphatic heterocycles. The Morgan fingerprint density at radius 1 is 1.20 bits per heavy atom. The molecule has 25 heavy (non-hydrogen) atoms. The summed E-state index contributed by atoms with van der Waals surface area (Å²) < 4.78 is 1.89. The molecule has 0 N–H and O–H groups in total. The van der Waals surface area contributed by atoms with E-state index in [2.05, 4.69) is 10.1 Å². The molecule has 3 heterocycles. The molecule has 1 fully saturated rings. The fourth-order valence-corrected chi connectivity index (χ4v) is 3.54. The Morgan fingerprint density at radius 3 is 2.72 bits per heavy atom. The molecule has 2 aliphatic rings. The lowest BCUT2D eigenvalue weighted by Crippen LogP contribution is -2.46. The van der Waals surface area contributed by atoms with E-state index < -0.39 is 0 Å². The molecule has 0 aliphatic carbocycles. The molecule has 1 atom stereocenters. The molecule has 0 radical (unpaired) electrons. The minimum atomic E-state index is -0.149. The van der Waals surface area contributed by atoms with Crippen molar-refractivity contribution < 1.29 is 9.59 Å². The molecule has 0 unspecified atom stereocenters. The third kappa shape index (κ3) is 2.90. The zero-order valence-corrected chi connectivity index (χ0v) is 14.3. The van der Waals surface area contributed by atoms with Crippen LogP contribution in [-0.4, -0.2) is 56.0 Å². The summed E-state index contributed by atoms with van der Waals surface area (Å²) >= 11 is 0. The van der Waals surface area contributed by atoms with Crippen LogP contribution in [0.2, 0.25) is 0 Å². The largest absolute Gasteiger partial charge is 0.333 e. The SMILES string of the molecule is C[C@H]1c2nc(-c3ccccc3)nn2CCN1C(=O)CN1CCCC1=O. The lowest BCUT2D eigenvalue weighted by atomic mass is 10.2. The summed E-state index contributed by atoms with van der Waals surface area (Å²) in [4.78, 5) is 32.6. The van der Waals surface area contributed by atoms with Gasteiger partial charge in [0.15, 0.2) is 5.82 Å².